The molecule has 1 aliphatic carbocycles. The van der Waals surface area contributed by atoms with Crippen molar-refractivity contribution in [1.29, 1.82) is 0 Å². The molecule has 326 valence electrons. The number of rotatable bonds is 15. The standard InChI is InChI=1S/C47H54FN7O6S/c1-47(2)19-17-34(40(31-47)33-9-11-35(48)12-10-33)32-53-25-27-54(28-26-53)36-13-15-39(45(29-36)61-44-8-5-7-41-38(44)18-21-50-41)46(56)51-62(59,60)37-14-16-42(43(30-37)55(57)58)49-20-6-24-52-22-3-4-23-52/h5,7-16,18,21,29-30,49-50H,3-4,6,17,19-20,22-28,31-32H2,1-2H3,(H,51,56). The van der Waals surface area contributed by atoms with Gasteiger partial charge in [0, 0.05) is 74.2 Å². The molecule has 15 heteroatoms. The third-order valence-electron chi connectivity index (χ3n) is 12.4. The van der Waals surface area contributed by atoms with Crippen LogP contribution in [0.4, 0.5) is 21.5 Å². The van der Waals surface area contributed by atoms with Gasteiger partial charge in [-0.05, 0) is 129 Å². The molecule has 2 fully saturated rings. The maximum Gasteiger partial charge on any atom is 0.293 e. The van der Waals surface area contributed by atoms with Crippen molar-refractivity contribution in [3.05, 3.63) is 124 Å². The average Bonchev–Trinajstić information content (AvgIpc) is 3.97. The normalized spacial score (nSPS) is 17.4. The molecule has 0 atom stereocenters. The van der Waals surface area contributed by atoms with Gasteiger partial charge in [0.05, 0.1) is 15.4 Å². The topological polar surface area (TPSA) is 153 Å². The first kappa shape index (κ1) is 42.9. The van der Waals surface area contributed by atoms with Gasteiger partial charge in [-0.1, -0.05) is 37.6 Å². The van der Waals surface area contributed by atoms with E-state index in [-0.39, 0.29) is 28.2 Å². The average molecular weight is 864 g/mol. The number of nitro benzene ring substituents is 1. The number of sulfonamides is 1. The van der Waals surface area contributed by atoms with Crippen LogP contribution in [0.3, 0.4) is 0 Å². The minimum Gasteiger partial charge on any atom is -0.456 e. The van der Waals surface area contributed by atoms with Gasteiger partial charge in [0.25, 0.3) is 21.6 Å². The fourth-order valence-electron chi connectivity index (χ4n) is 8.89. The summed E-state index contributed by atoms with van der Waals surface area (Å²) in [6.45, 7) is 11.9. The molecule has 2 saturated heterocycles. The summed E-state index contributed by atoms with van der Waals surface area (Å²) in [4.78, 5) is 35.2. The number of H-pyrrole nitrogens is 1. The van der Waals surface area contributed by atoms with Gasteiger partial charge in [-0.2, -0.15) is 0 Å². The summed E-state index contributed by atoms with van der Waals surface area (Å²) in [6, 6.07) is 22.9. The summed E-state index contributed by atoms with van der Waals surface area (Å²) in [6.07, 6.45) is 7.95. The minimum atomic E-state index is -4.55. The second kappa shape index (κ2) is 18.3. The van der Waals surface area contributed by atoms with Crippen LogP contribution in [0, 0.1) is 21.3 Å². The highest BCUT2D eigenvalue weighted by Gasteiger charge is 2.30. The number of likely N-dealkylation sites (tertiary alicyclic amines) is 1. The fraction of sp³-hybridized carbons (Fsp3) is 0.383. The van der Waals surface area contributed by atoms with Crippen LogP contribution in [0.5, 0.6) is 11.5 Å². The van der Waals surface area contributed by atoms with Crippen molar-refractivity contribution in [3.8, 4) is 11.5 Å². The van der Waals surface area contributed by atoms with Crippen LogP contribution >= 0.6 is 0 Å². The number of piperazine rings is 1. The highest BCUT2D eigenvalue weighted by atomic mass is 32.2. The summed E-state index contributed by atoms with van der Waals surface area (Å²) in [5.74, 6) is -0.547. The molecule has 4 aromatic carbocycles. The molecule has 8 rings (SSSR count). The Labute approximate surface area is 362 Å². The maximum atomic E-state index is 14.0. The van der Waals surface area contributed by atoms with Gasteiger partial charge in [0.1, 0.15) is 23.0 Å². The number of hydrogen-bond donors (Lipinski definition) is 3. The van der Waals surface area contributed by atoms with E-state index >= 15 is 0 Å². The molecule has 1 aromatic heterocycles. The molecule has 3 heterocycles. The number of allylic oxidation sites excluding steroid dienone is 1. The molecule has 0 unspecified atom stereocenters. The van der Waals surface area contributed by atoms with Crippen LogP contribution in [-0.4, -0.2) is 92.9 Å². The number of ether oxygens (including phenoxy) is 1. The van der Waals surface area contributed by atoms with E-state index in [9.17, 15) is 27.7 Å². The lowest BCUT2D eigenvalue weighted by Crippen LogP contribution is -2.47. The lowest BCUT2D eigenvalue weighted by molar-refractivity contribution is -0.384. The number of hydrogen-bond acceptors (Lipinski definition) is 10. The second-order valence-electron chi connectivity index (χ2n) is 17.4. The third kappa shape index (κ3) is 9.96. The zero-order valence-corrected chi connectivity index (χ0v) is 36.1. The lowest BCUT2D eigenvalue weighted by atomic mass is 9.72. The summed E-state index contributed by atoms with van der Waals surface area (Å²) >= 11 is 0. The van der Waals surface area contributed by atoms with Crippen molar-refractivity contribution in [2.24, 2.45) is 5.41 Å². The predicted molar refractivity (Wildman–Crippen MR) is 241 cm³/mol. The molecule has 3 N–H and O–H groups in total. The van der Waals surface area contributed by atoms with Crippen molar-refractivity contribution in [2.75, 3.05) is 69.1 Å². The number of nitro groups is 1. The third-order valence-corrected chi connectivity index (χ3v) is 13.7. The van der Waals surface area contributed by atoms with E-state index in [0.717, 1.165) is 93.2 Å². The highest BCUT2D eigenvalue weighted by molar-refractivity contribution is 7.90. The van der Waals surface area contributed by atoms with Crippen molar-refractivity contribution < 1.29 is 27.3 Å². The van der Waals surface area contributed by atoms with E-state index in [1.165, 1.54) is 48.3 Å². The number of carbonyl (C=O) groups excluding carboxylic acids is 1. The summed E-state index contributed by atoms with van der Waals surface area (Å²) in [5.41, 5.74) is 5.38. The number of nitrogens with zero attached hydrogens (tertiary/aromatic N) is 4. The number of anilines is 2. The largest absolute Gasteiger partial charge is 0.456 e. The van der Waals surface area contributed by atoms with E-state index < -0.39 is 31.4 Å². The minimum absolute atomic E-state index is 0.0187. The van der Waals surface area contributed by atoms with Crippen molar-refractivity contribution in [1.82, 2.24) is 19.5 Å². The van der Waals surface area contributed by atoms with Crippen LogP contribution in [0.15, 0.2) is 102 Å². The van der Waals surface area contributed by atoms with Gasteiger partial charge in [-0.25, -0.2) is 17.5 Å². The predicted octanol–water partition coefficient (Wildman–Crippen LogP) is 8.81. The Bertz CT molecular complexity index is 2580. The van der Waals surface area contributed by atoms with Crippen molar-refractivity contribution in [3.63, 3.8) is 0 Å². The number of fused-ring (bicyclic) bond motifs is 1. The fourth-order valence-corrected chi connectivity index (χ4v) is 9.87. The highest BCUT2D eigenvalue weighted by Crippen LogP contribution is 2.43. The molecule has 0 radical (unpaired) electrons. The lowest BCUT2D eigenvalue weighted by Gasteiger charge is -2.39. The van der Waals surface area contributed by atoms with E-state index in [2.05, 4.69) is 43.6 Å². The van der Waals surface area contributed by atoms with E-state index in [1.807, 2.05) is 30.3 Å². The molecule has 13 nitrogen and oxygen atoms in total. The molecule has 0 bridgehead atoms. The van der Waals surface area contributed by atoms with Crippen LogP contribution in [-0.2, 0) is 10.0 Å². The Morgan fingerprint density at radius 1 is 0.919 bits per heavy atom. The molecular weight excluding hydrogens is 810 g/mol. The number of aromatic amines is 1. The van der Waals surface area contributed by atoms with Crippen LogP contribution in [0.25, 0.3) is 16.5 Å². The number of halogens is 1. The number of nitrogens with one attached hydrogen (secondary N) is 3. The van der Waals surface area contributed by atoms with Crippen LogP contribution < -0.4 is 19.7 Å². The Kier molecular flexibility index (Phi) is 12.7. The van der Waals surface area contributed by atoms with E-state index in [1.54, 1.807) is 30.5 Å². The second-order valence-corrected chi connectivity index (χ2v) is 19.1. The number of amides is 1. The Hall–Kier alpha value is -5.77. The van der Waals surface area contributed by atoms with Crippen molar-refractivity contribution in [2.45, 2.75) is 57.3 Å². The molecule has 2 aliphatic heterocycles. The van der Waals surface area contributed by atoms with Gasteiger partial charge in [0.15, 0.2) is 0 Å². The summed E-state index contributed by atoms with van der Waals surface area (Å²) in [5, 5.41) is 15.9. The molecule has 0 saturated carbocycles. The van der Waals surface area contributed by atoms with Crippen LogP contribution in [0.1, 0.15) is 68.3 Å². The van der Waals surface area contributed by atoms with Gasteiger partial charge < -0.3 is 24.8 Å². The smallest absolute Gasteiger partial charge is 0.293 e. The first-order valence-corrected chi connectivity index (χ1v) is 22.9. The molecule has 1 amide bonds. The quantitative estimate of drug-likeness (QED) is 0.0529. The maximum absolute atomic E-state index is 14.0. The Balaban J connectivity index is 0.993. The zero-order chi connectivity index (χ0) is 43.4. The Morgan fingerprint density at radius 2 is 1.69 bits per heavy atom. The van der Waals surface area contributed by atoms with Crippen LogP contribution in [0.2, 0.25) is 0 Å². The number of carbonyl (C=O) groups is 1. The summed E-state index contributed by atoms with van der Waals surface area (Å²) < 4.78 is 49.8. The molecule has 3 aliphatic rings. The van der Waals surface area contributed by atoms with Gasteiger partial charge >= 0.3 is 0 Å². The monoisotopic (exact) mass is 863 g/mol. The number of aromatic nitrogens is 1. The first-order chi connectivity index (χ1) is 29.8. The van der Waals surface area contributed by atoms with E-state index in [0.29, 0.717) is 25.4 Å². The molecule has 62 heavy (non-hydrogen) atoms. The van der Waals surface area contributed by atoms with Crippen molar-refractivity contribution >= 4 is 49.5 Å². The zero-order valence-electron chi connectivity index (χ0n) is 35.3. The Morgan fingerprint density at radius 3 is 2.45 bits per heavy atom. The van der Waals surface area contributed by atoms with E-state index in [4.69, 9.17) is 4.74 Å². The molecule has 5 aromatic rings. The molecule has 0 spiro atoms. The van der Waals surface area contributed by atoms with Gasteiger partial charge in [-0.15, -0.1) is 0 Å². The molecular formula is C47H54FN7O6S. The van der Waals surface area contributed by atoms with Gasteiger partial charge in [0.2, 0.25) is 0 Å². The van der Waals surface area contributed by atoms with Gasteiger partial charge in [-0.3, -0.25) is 19.8 Å². The number of benzene rings is 4. The SMILES string of the molecule is CC1(C)CCC(CN2CCN(c3ccc(C(=O)NS(=O)(=O)c4ccc(NCCCN5CCCC5)c([N+](=O)[O-])c4)c(Oc4cccc5[nH]ccc45)c3)CC2)=C(c2ccc(F)cc2)C1. The first-order valence-electron chi connectivity index (χ1n) is 21.5. The summed E-state index contributed by atoms with van der Waals surface area (Å²) in [7, 11) is -4.55.